The number of carbonyl (C=O) groups is 3. The molecule has 1 aliphatic rings. The van der Waals surface area contributed by atoms with Crippen molar-refractivity contribution in [3.05, 3.63) is 34.4 Å². The van der Waals surface area contributed by atoms with Crippen LogP contribution in [0.1, 0.15) is 6.42 Å². The predicted octanol–water partition coefficient (Wildman–Crippen LogP) is 0.608. The first-order valence-electron chi connectivity index (χ1n) is 6.56. The second-order valence-electron chi connectivity index (χ2n) is 4.75. The Morgan fingerprint density at radius 3 is 2.74 bits per heavy atom. The Morgan fingerprint density at radius 2 is 2.13 bits per heavy atom. The molecule has 10 heteroatoms. The average Bonchev–Trinajstić information content (AvgIpc) is 2.49. The lowest BCUT2D eigenvalue weighted by Crippen LogP contribution is -2.51. The molecule has 0 saturated carbocycles. The van der Waals surface area contributed by atoms with Gasteiger partial charge in [0.25, 0.3) is 5.69 Å². The van der Waals surface area contributed by atoms with Gasteiger partial charge in [-0.05, 0) is 6.07 Å². The minimum absolute atomic E-state index is 0.0483. The van der Waals surface area contributed by atoms with E-state index in [1.54, 1.807) is 6.07 Å². The molecule has 0 spiro atoms. The van der Waals surface area contributed by atoms with Crippen molar-refractivity contribution in [2.45, 2.75) is 17.7 Å². The minimum Gasteiger partial charge on any atom is -0.480 e. The molecule has 1 aliphatic heterocycles. The Labute approximate surface area is 134 Å². The molecule has 9 nitrogen and oxygen atoms in total. The predicted molar refractivity (Wildman–Crippen MR) is 82.2 cm³/mol. The molecule has 3 N–H and O–H groups in total. The van der Waals surface area contributed by atoms with Crippen molar-refractivity contribution in [3.8, 4) is 0 Å². The molecule has 0 aromatic heterocycles. The maximum absolute atomic E-state index is 12.0. The summed E-state index contributed by atoms with van der Waals surface area (Å²) < 4.78 is 0. The standard InChI is InChI=1S/C13H13N3O6S/c17-11(14-7-3-1-2-4-9(7)16(21)22)5-10-12(18)15-8(6-23-10)13(19)20/h1-4,8,10H,5-6H2,(H,14,17)(H,15,18)(H,19,20)/t8-,10+/m1/s1. The van der Waals surface area contributed by atoms with Gasteiger partial charge in [0.15, 0.2) is 0 Å². The smallest absolute Gasteiger partial charge is 0.327 e. The van der Waals surface area contributed by atoms with Crippen LogP contribution in [-0.2, 0) is 14.4 Å². The highest BCUT2D eigenvalue weighted by Crippen LogP contribution is 2.25. The van der Waals surface area contributed by atoms with Crippen molar-refractivity contribution in [1.82, 2.24) is 5.32 Å². The van der Waals surface area contributed by atoms with Crippen LogP contribution in [0.25, 0.3) is 0 Å². The number of rotatable bonds is 5. The zero-order valence-electron chi connectivity index (χ0n) is 11.7. The average molecular weight is 339 g/mol. The summed E-state index contributed by atoms with van der Waals surface area (Å²) >= 11 is 1.07. The van der Waals surface area contributed by atoms with Gasteiger partial charge in [-0.1, -0.05) is 12.1 Å². The lowest BCUT2D eigenvalue weighted by Gasteiger charge is -2.25. The molecular formula is C13H13N3O6S. The number of benzene rings is 1. The number of hydrogen-bond acceptors (Lipinski definition) is 6. The molecule has 1 aromatic carbocycles. The Balaban J connectivity index is 1.97. The van der Waals surface area contributed by atoms with Crippen LogP contribution in [0, 0.1) is 10.1 Å². The van der Waals surface area contributed by atoms with E-state index in [0.29, 0.717) is 0 Å². The van der Waals surface area contributed by atoms with Gasteiger partial charge in [-0.3, -0.25) is 19.7 Å². The monoisotopic (exact) mass is 339 g/mol. The normalized spacial score (nSPS) is 20.4. The molecule has 0 bridgehead atoms. The third-order valence-electron chi connectivity index (χ3n) is 3.12. The maximum Gasteiger partial charge on any atom is 0.327 e. The summed E-state index contributed by atoms with van der Waals surface area (Å²) in [6.07, 6.45) is -0.200. The van der Waals surface area contributed by atoms with E-state index >= 15 is 0 Å². The number of para-hydroxylation sites is 2. The fourth-order valence-electron chi connectivity index (χ4n) is 1.99. The Hall–Kier alpha value is -2.62. The maximum atomic E-state index is 12.0. The van der Waals surface area contributed by atoms with Crippen molar-refractivity contribution in [2.24, 2.45) is 0 Å². The number of amides is 2. The van der Waals surface area contributed by atoms with Gasteiger partial charge >= 0.3 is 5.97 Å². The number of thioether (sulfide) groups is 1. The number of hydrogen-bond donors (Lipinski definition) is 3. The lowest BCUT2D eigenvalue weighted by atomic mass is 10.2. The van der Waals surface area contributed by atoms with Gasteiger partial charge in [-0.25, -0.2) is 4.79 Å². The van der Waals surface area contributed by atoms with Crippen molar-refractivity contribution >= 4 is 40.9 Å². The quantitative estimate of drug-likeness (QED) is 0.527. The van der Waals surface area contributed by atoms with Gasteiger partial charge in [-0.15, -0.1) is 11.8 Å². The largest absolute Gasteiger partial charge is 0.480 e. The summed E-state index contributed by atoms with van der Waals surface area (Å²) in [7, 11) is 0. The van der Waals surface area contributed by atoms with E-state index in [2.05, 4.69) is 10.6 Å². The number of nitrogens with one attached hydrogen (secondary N) is 2. The number of aliphatic carboxylic acids is 1. The number of nitro benzene ring substituents is 1. The minimum atomic E-state index is -1.13. The zero-order valence-corrected chi connectivity index (χ0v) is 12.5. The summed E-state index contributed by atoms with van der Waals surface area (Å²) in [4.78, 5) is 44.8. The van der Waals surface area contributed by atoms with E-state index in [4.69, 9.17) is 5.11 Å². The molecule has 0 unspecified atom stereocenters. The van der Waals surface area contributed by atoms with Crippen molar-refractivity contribution in [3.63, 3.8) is 0 Å². The van der Waals surface area contributed by atoms with E-state index in [9.17, 15) is 24.5 Å². The van der Waals surface area contributed by atoms with Crippen LogP contribution in [0.15, 0.2) is 24.3 Å². The Morgan fingerprint density at radius 1 is 1.43 bits per heavy atom. The summed E-state index contributed by atoms with van der Waals surface area (Å²) in [5.41, 5.74) is -0.195. The van der Waals surface area contributed by atoms with Gasteiger partial charge in [0, 0.05) is 18.2 Å². The van der Waals surface area contributed by atoms with Crippen LogP contribution in [0.3, 0.4) is 0 Å². The third-order valence-corrected chi connectivity index (χ3v) is 4.43. The van der Waals surface area contributed by atoms with Gasteiger partial charge in [0.1, 0.15) is 11.7 Å². The number of nitro groups is 1. The topological polar surface area (TPSA) is 139 Å². The van der Waals surface area contributed by atoms with Gasteiger partial charge in [0.05, 0.1) is 10.2 Å². The first-order chi connectivity index (χ1) is 10.9. The highest BCUT2D eigenvalue weighted by atomic mass is 32.2. The van der Waals surface area contributed by atoms with Crippen molar-refractivity contribution in [2.75, 3.05) is 11.1 Å². The molecule has 2 atom stereocenters. The van der Waals surface area contributed by atoms with E-state index in [-0.39, 0.29) is 23.5 Å². The third kappa shape index (κ3) is 4.19. The summed E-state index contributed by atoms with van der Waals surface area (Å²) in [5.74, 6) is -2.06. The Kier molecular flexibility index (Phi) is 5.16. The van der Waals surface area contributed by atoms with Crippen molar-refractivity contribution < 1.29 is 24.4 Å². The van der Waals surface area contributed by atoms with Gasteiger partial charge in [-0.2, -0.15) is 0 Å². The van der Waals surface area contributed by atoms with E-state index in [1.807, 2.05) is 0 Å². The lowest BCUT2D eigenvalue weighted by molar-refractivity contribution is -0.383. The summed E-state index contributed by atoms with van der Waals surface area (Å²) in [5, 5.41) is 23.7. The fraction of sp³-hybridized carbons (Fsp3) is 0.308. The number of anilines is 1. The second-order valence-corrected chi connectivity index (χ2v) is 5.98. The number of nitrogens with zero attached hydrogens (tertiary/aromatic N) is 1. The fourth-order valence-corrected chi connectivity index (χ4v) is 3.13. The van der Waals surface area contributed by atoms with Crippen LogP contribution in [-0.4, -0.2) is 44.9 Å². The van der Waals surface area contributed by atoms with E-state index in [1.165, 1.54) is 18.2 Å². The Bertz CT molecular complexity index is 665. The van der Waals surface area contributed by atoms with Crippen LogP contribution in [0.5, 0.6) is 0 Å². The molecule has 23 heavy (non-hydrogen) atoms. The molecule has 1 saturated heterocycles. The highest BCUT2D eigenvalue weighted by Gasteiger charge is 2.33. The number of carbonyl (C=O) groups excluding carboxylic acids is 2. The van der Waals surface area contributed by atoms with Crippen LogP contribution in [0.4, 0.5) is 11.4 Å². The van der Waals surface area contributed by atoms with E-state index in [0.717, 1.165) is 11.8 Å². The van der Waals surface area contributed by atoms with Crippen LogP contribution >= 0.6 is 11.8 Å². The first-order valence-corrected chi connectivity index (χ1v) is 7.61. The first kappa shape index (κ1) is 16.7. The van der Waals surface area contributed by atoms with Crippen molar-refractivity contribution in [1.29, 1.82) is 0 Å². The van der Waals surface area contributed by atoms with Gasteiger partial charge in [0.2, 0.25) is 11.8 Å². The molecular weight excluding hydrogens is 326 g/mol. The molecule has 2 amide bonds. The van der Waals surface area contributed by atoms with Crippen LogP contribution < -0.4 is 10.6 Å². The highest BCUT2D eigenvalue weighted by molar-refractivity contribution is 8.00. The number of carboxylic acid groups (broad SMARTS) is 1. The molecule has 0 aliphatic carbocycles. The molecule has 1 heterocycles. The van der Waals surface area contributed by atoms with E-state index < -0.39 is 34.0 Å². The SMILES string of the molecule is O=C(C[C@@H]1SC[C@H](C(=O)O)NC1=O)Nc1ccccc1[N+](=O)[O-]. The zero-order chi connectivity index (χ0) is 17.0. The second kappa shape index (κ2) is 7.09. The summed E-state index contributed by atoms with van der Waals surface area (Å²) in [6, 6.07) is 4.70. The molecule has 1 aromatic rings. The molecule has 1 fully saturated rings. The molecule has 0 radical (unpaired) electrons. The number of carboxylic acids is 1. The van der Waals surface area contributed by atoms with Crippen LogP contribution in [0.2, 0.25) is 0 Å². The molecule has 122 valence electrons. The summed E-state index contributed by atoms with van der Waals surface area (Å²) in [6.45, 7) is 0. The van der Waals surface area contributed by atoms with Gasteiger partial charge < -0.3 is 15.7 Å². The molecule has 2 rings (SSSR count).